The highest BCUT2D eigenvalue weighted by Gasteiger charge is 2.26. The maximum absolute atomic E-state index is 12.8. The van der Waals surface area contributed by atoms with Crippen molar-refractivity contribution in [1.29, 1.82) is 0 Å². The molecule has 5 nitrogen and oxygen atoms in total. The standard InChI is InChI=1S/C21H27N3O2S/c1-13(2)9-10-24(15(4)25)21-22-14(3)19(27-21)20(26)23-18-11-16-7-5-6-8-17(16)12-18/h5-8,13,18H,9-12H2,1-4H3,(H,23,26). The molecule has 1 N–H and O–H groups in total. The van der Waals surface area contributed by atoms with Gasteiger partial charge in [0.2, 0.25) is 5.91 Å². The first-order chi connectivity index (χ1) is 12.8. The third kappa shape index (κ3) is 4.56. The molecule has 3 rings (SSSR count). The molecule has 1 aliphatic carbocycles. The van der Waals surface area contributed by atoms with Crippen LogP contribution in [-0.4, -0.2) is 29.4 Å². The van der Waals surface area contributed by atoms with Crippen LogP contribution in [-0.2, 0) is 17.6 Å². The Morgan fingerprint density at radius 2 is 1.89 bits per heavy atom. The van der Waals surface area contributed by atoms with E-state index in [2.05, 4.69) is 36.3 Å². The minimum atomic E-state index is -0.0959. The number of benzene rings is 1. The predicted octanol–water partition coefficient (Wildman–Crippen LogP) is 3.75. The summed E-state index contributed by atoms with van der Waals surface area (Å²) in [5.74, 6) is 0.365. The normalized spacial score (nSPS) is 13.7. The number of amides is 2. The van der Waals surface area contributed by atoms with Crippen molar-refractivity contribution in [3.63, 3.8) is 0 Å². The van der Waals surface area contributed by atoms with Gasteiger partial charge in [0, 0.05) is 19.5 Å². The van der Waals surface area contributed by atoms with Gasteiger partial charge in [0.05, 0.1) is 5.69 Å². The fourth-order valence-corrected chi connectivity index (χ4v) is 4.44. The Balaban J connectivity index is 1.70. The third-order valence-electron chi connectivity index (χ3n) is 4.92. The second-order valence-corrected chi connectivity index (χ2v) is 8.59. The van der Waals surface area contributed by atoms with Crippen LogP contribution in [0.2, 0.25) is 0 Å². The number of carbonyl (C=O) groups excluding carboxylic acids is 2. The van der Waals surface area contributed by atoms with E-state index < -0.39 is 0 Å². The van der Waals surface area contributed by atoms with E-state index in [1.807, 2.05) is 19.1 Å². The summed E-state index contributed by atoms with van der Waals surface area (Å²) < 4.78 is 0. The van der Waals surface area contributed by atoms with Crippen molar-refractivity contribution in [3.05, 3.63) is 46.0 Å². The van der Waals surface area contributed by atoms with Gasteiger partial charge in [-0.2, -0.15) is 0 Å². The Hall–Kier alpha value is -2.21. The molecule has 1 heterocycles. The molecule has 1 aromatic carbocycles. The van der Waals surface area contributed by atoms with Gasteiger partial charge >= 0.3 is 0 Å². The predicted molar refractivity (Wildman–Crippen MR) is 109 cm³/mol. The van der Waals surface area contributed by atoms with E-state index in [4.69, 9.17) is 0 Å². The van der Waals surface area contributed by atoms with Crippen molar-refractivity contribution in [2.45, 2.75) is 53.0 Å². The average molecular weight is 386 g/mol. The largest absolute Gasteiger partial charge is 0.348 e. The van der Waals surface area contributed by atoms with E-state index in [0.29, 0.717) is 28.2 Å². The fourth-order valence-electron chi connectivity index (χ4n) is 3.40. The molecule has 0 saturated carbocycles. The highest BCUT2D eigenvalue weighted by atomic mass is 32.1. The molecule has 0 atom stereocenters. The zero-order valence-electron chi connectivity index (χ0n) is 16.4. The maximum Gasteiger partial charge on any atom is 0.263 e. The molecular formula is C21H27N3O2S. The Morgan fingerprint density at radius 1 is 1.26 bits per heavy atom. The summed E-state index contributed by atoms with van der Waals surface area (Å²) in [5, 5.41) is 3.75. The molecule has 0 fully saturated rings. The Kier molecular flexibility index (Phi) is 5.95. The summed E-state index contributed by atoms with van der Waals surface area (Å²) in [6, 6.07) is 8.44. The molecule has 0 bridgehead atoms. The lowest BCUT2D eigenvalue weighted by molar-refractivity contribution is -0.116. The quantitative estimate of drug-likeness (QED) is 0.824. The molecule has 1 aliphatic rings. The summed E-state index contributed by atoms with van der Waals surface area (Å²) in [6.07, 6.45) is 2.63. The van der Waals surface area contributed by atoms with Crippen molar-refractivity contribution in [2.75, 3.05) is 11.4 Å². The van der Waals surface area contributed by atoms with E-state index >= 15 is 0 Å². The van der Waals surface area contributed by atoms with Crippen molar-refractivity contribution < 1.29 is 9.59 Å². The zero-order valence-corrected chi connectivity index (χ0v) is 17.2. The number of anilines is 1. The van der Waals surface area contributed by atoms with Crippen molar-refractivity contribution >= 4 is 28.3 Å². The number of carbonyl (C=O) groups is 2. The maximum atomic E-state index is 12.8. The molecule has 0 unspecified atom stereocenters. The van der Waals surface area contributed by atoms with Crippen LogP contribution in [0.15, 0.2) is 24.3 Å². The number of thiazole rings is 1. The Labute approximate surface area is 164 Å². The van der Waals surface area contributed by atoms with Gasteiger partial charge in [0.25, 0.3) is 5.91 Å². The monoisotopic (exact) mass is 385 g/mol. The highest BCUT2D eigenvalue weighted by molar-refractivity contribution is 7.17. The molecular weight excluding hydrogens is 358 g/mol. The lowest BCUT2D eigenvalue weighted by Gasteiger charge is -2.18. The van der Waals surface area contributed by atoms with Gasteiger partial charge in [-0.25, -0.2) is 4.98 Å². The first kappa shape index (κ1) is 19.5. The van der Waals surface area contributed by atoms with Crippen LogP contribution in [0.3, 0.4) is 0 Å². The number of aryl methyl sites for hydroxylation is 1. The summed E-state index contributed by atoms with van der Waals surface area (Å²) in [4.78, 5) is 31.6. The van der Waals surface area contributed by atoms with Crippen LogP contribution in [0, 0.1) is 12.8 Å². The number of fused-ring (bicyclic) bond motifs is 1. The lowest BCUT2D eigenvalue weighted by Crippen LogP contribution is -2.35. The van der Waals surface area contributed by atoms with E-state index in [9.17, 15) is 9.59 Å². The minimum absolute atomic E-state index is 0.0393. The molecule has 0 spiro atoms. The van der Waals surface area contributed by atoms with Crippen molar-refractivity contribution in [1.82, 2.24) is 10.3 Å². The summed E-state index contributed by atoms with van der Waals surface area (Å²) in [5.41, 5.74) is 3.29. The molecule has 0 aliphatic heterocycles. The molecule has 144 valence electrons. The summed E-state index contributed by atoms with van der Waals surface area (Å²) in [6.45, 7) is 8.26. The smallest absolute Gasteiger partial charge is 0.263 e. The van der Waals surface area contributed by atoms with Gasteiger partial charge in [-0.1, -0.05) is 49.4 Å². The van der Waals surface area contributed by atoms with Crippen LogP contribution >= 0.6 is 11.3 Å². The van der Waals surface area contributed by atoms with Crippen LogP contribution in [0.4, 0.5) is 5.13 Å². The van der Waals surface area contributed by atoms with Gasteiger partial charge in [-0.05, 0) is 43.2 Å². The molecule has 0 saturated heterocycles. The average Bonchev–Trinajstić information content (AvgIpc) is 3.17. The summed E-state index contributed by atoms with van der Waals surface area (Å²) >= 11 is 1.30. The molecule has 1 aromatic heterocycles. The summed E-state index contributed by atoms with van der Waals surface area (Å²) in [7, 11) is 0. The Morgan fingerprint density at radius 3 is 2.44 bits per heavy atom. The number of aromatic nitrogens is 1. The first-order valence-electron chi connectivity index (χ1n) is 9.48. The van der Waals surface area contributed by atoms with Gasteiger partial charge < -0.3 is 5.32 Å². The van der Waals surface area contributed by atoms with Gasteiger partial charge in [-0.15, -0.1) is 0 Å². The Bertz CT molecular complexity index is 819. The molecule has 2 amide bonds. The molecule has 6 heteroatoms. The highest BCUT2D eigenvalue weighted by Crippen LogP contribution is 2.28. The minimum Gasteiger partial charge on any atom is -0.348 e. The second kappa shape index (κ2) is 8.21. The fraction of sp³-hybridized carbons (Fsp3) is 0.476. The molecule has 0 radical (unpaired) electrons. The van der Waals surface area contributed by atoms with Gasteiger partial charge in [0.15, 0.2) is 5.13 Å². The van der Waals surface area contributed by atoms with Gasteiger partial charge in [0.1, 0.15) is 4.88 Å². The van der Waals surface area contributed by atoms with E-state index in [1.165, 1.54) is 22.5 Å². The zero-order chi connectivity index (χ0) is 19.6. The van der Waals surface area contributed by atoms with E-state index in [0.717, 1.165) is 19.3 Å². The number of nitrogens with one attached hydrogen (secondary N) is 1. The number of hydrogen-bond acceptors (Lipinski definition) is 4. The molecule has 2 aromatic rings. The second-order valence-electron chi connectivity index (χ2n) is 7.61. The SMILES string of the molecule is CC(=O)N(CCC(C)C)c1nc(C)c(C(=O)NC2Cc3ccccc3C2)s1. The van der Waals surface area contributed by atoms with Crippen LogP contribution in [0.25, 0.3) is 0 Å². The number of nitrogens with zero attached hydrogens (tertiary/aromatic N) is 2. The number of hydrogen-bond donors (Lipinski definition) is 1. The topological polar surface area (TPSA) is 62.3 Å². The first-order valence-corrected chi connectivity index (χ1v) is 10.3. The van der Waals surface area contributed by atoms with Crippen molar-refractivity contribution in [3.8, 4) is 0 Å². The lowest BCUT2D eigenvalue weighted by atomic mass is 10.1. The van der Waals surface area contributed by atoms with Crippen LogP contribution < -0.4 is 10.2 Å². The third-order valence-corrected chi connectivity index (χ3v) is 6.10. The van der Waals surface area contributed by atoms with Gasteiger partial charge in [-0.3, -0.25) is 14.5 Å². The van der Waals surface area contributed by atoms with E-state index in [-0.39, 0.29) is 17.9 Å². The van der Waals surface area contributed by atoms with Crippen LogP contribution in [0.5, 0.6) is 0 Å². The van der Waals surface area contributed by atoms with E-state index in [1.54, 1.807) is 11.8 Å². The number of rotatable bonds is 6. The molecule has 27 heavy (non-hydrogen) atoms. The van der Waals surface area contributed by atoms with Crippen LogP contribution in [0.1, 0.15) is 53.7 Å². The van der Waals surface area contributed by atoms with Crippen molar-refractivity contribution in [2.24, 2.45) is 5.92 Å².